The van der Waals surface area contributed by atoms with Crippen LogP contribution in [0, 0.1) is 0 Å². The third kappa shape index (κ3) is 4.55. The zero-order valence-electron chi connectivity index (χ0n) is 14.8. The van der Waals surface area contributed by atoms with E-state index in [2.05, 4.69) is 38.3 Å². The number of rotatable bonds is 8. The smallest absolute Gasteiger partial charge is 0.316 e. The molecular formula is C19H30N2O2. The highest BCUT2D eigenvalue weighted by Crippen LogP contribution is 2.44. The number of carbonyl (C=O) groups is 1. The first-order chi connectivity index (χ1) is 10.9. The van der Waals surface area contributed by atoms with Crippen LogP contribution >= 0.6 is 0 Å². The molecule has 0 aromatic heterocycles. The molecule has 0 unspecified atom stereocenters. The van der Waals surface area contributed by atoms with Crippen molar-refractivity contribution in [1.29, 1.82) is 0 Å². The van der Waals surface area contributed by atoms with Crippen molar-refractivity contribution in [1.82, 2.24) is 10.6 Å². The van der Waals surface area contributed by atoms with Gasteiger partial charge in [0.05, 0.1) is 11.6 Å². The third-order valence-electron chi connectivity index (χ3n) is 4.37. The summed E-state index contributed by atoms with van der Waals surface area (Å²) in [6.45, 7) is 8.72. The van der Waals surface area contributed by atoms with Crippen LogP contribution in [0.15, 0.2) is 30.3 Å². The summed E-state index contributed by atoms with van der Waals surface area (Å²) in [5.41, 5.74) is 0.656. The summed E-state index contributed by atoms with van der Waals surface area (Å²) in [6.07, 6.45) is 2.83. The third-order valence-corrected chi connectivity index (χ3v) is 4.37. The first-order valence-electron chi connectivity index (χ1n) is 8.69. The van der Waals surface area contributed by atoms with Gasteiger partial charge in [0.25, 0.3) is 0 Å². The van der Waals surface area contributed by atoms with Gasteiger partial charge in [-0.1, -0.05) is 36.8 Å². The molecule has 4 heteroatoms. The molecule has 0 saturated heterocycles. The number of hydrogen-bond donors (Lipinski definition) is 2. The standard InChI is InChI=1S/C19H30N2O2/c1-14(2)20-17(21-15(3)4)13-23-18(22)19(11-8-12-19)16-9-6-5-7-10-16/h5-7,9-10,14-15,17,20-21H,8,11-13H2,1-4H3. The first-order valence-corrected chi connectivity index (χ1v) is 8.69. The van der Waals surface area contributed by atoms with Gasteiger partial charge in [-0.05, 0) is 46.1 Å². The Morgan fingerprint density at radius 1 is 1.09 bits per heavy atom. The summed E-state index contributed by atoms with van der Waals surface area (Å²) < 4.78 is 5.70. The molecule has 0 aliphatic heterocycles. The fourth-order valence-electron chi connectivity index (χ4n) is 3.14. The van der Waals surface area contributed by atoms with E-state index in [1.807, 2.05) is 30.3 Å². The Hall–Kier alpha value is -1.39. The molecule has 2 rings (SSSR count). The average Bonchev–Trinajstić information content (AvgIpc) is 2.43. The van der Waals surface area contributed by atoms with E-state index in [0.717, 1.165) is 24.8 Å². The largest absolute Gasteiger partial charge is 0.462 e. The molecule has 1 aliphatic carbocycles. The van der Waals surface area contributed by atoms with E-state index < -0.39 is 5.41 Å². The Kier molecular flexibility index (Phi) is 6.19. The van der Waals surface area contributed by atoms with Crippen LogP contribution in [0.25, 0.3) is 0 Å². The van der Waals surface area contributed by atoms with Crippen molar-refractivity contribution >= 4 is 5.97 Å². The van der Waals surface area contributed by atoms with Crippen molar-refractivity contribution in [2.24, 2.45) is 0 Å². The van der Waals surface area contributed by atoms with E-state index in [1.54, 1.807) is 0 Å². The van der Waals surface area contributed by atoms with E-state index in [9.17, 15) is 4.79 Å². The summed E-state index contributed by atoms with van der Waals surface area (Å²) in [5, 5.41) is 6.81. The molecule has 0 amide bonds. The van der Waals surface area contributed by atoms with Crippen molar-refractivity contribution in [3.63, 3.8) is 0 Å². The van der Waals surface area contributed by atoms with Crippen LogP contribution in [0.2, 0.25) is 0 Å². The summed E-state index contributed by atoms with van der Waals surface area (Å²) >= 11 is 0. The number of carbonyl (C=O) groups excluding carboxylic acids is 1. The topological polar surface area (TPSA) is 50.4 Å². The summed E-state index contributed by atoms with van der Waals surface area (Å²) in [5.74, 6) is -0.0870. The highest BCUT2D eigenvalue weighted by molar-refractivity contribution is 5.84. The van der Waals surface area contributed by atoms with Crippen LogP contribution in [0.3, 0.4) is 0 Å². The van der Waals surface area contributed by atoms with Gasteiger partial charge in [-0.15, -0.1) is 0 Å². The van der Waals surface area contributed by atoms with Crippen molar-refractivity contribution in [2.45, 2.75) is 70.6 Å². The van der Waals surface area contributed by atoms with Crippen LogP contribution in [0.4, 0.5) is 0 Å². The van der Waals surface area contributed by atoms with Crippen molar-refractivity contribution in [3.05, 3.63) is 35.9 Å². The summed E-state index contributed by atoms with van der Waals surface area (Å²) in [6, 6.07) is 10.7. The number of esters is 1. The monoisotopic (exact) mass is 318 g/mol. The zero-order chi connectivity index (χ0) is 16.9. The van der Waals surface area contributed by atoms with Gasteiger partial charge >= 0.3 is 5.97 Å². The fourth-order valence-corrected chi connectivity index (χ4v) is 3.14. The molecule has 128 valence electrons. The van der Waals surface area contributed by atoms with E-state index in [-0.39, 0.29) is 12.1 Å². The second kappa shape index (κ2) is 7.93. The lowest BCUT2D eigenvalue weighted by molar-refractivity contribution is -0.155. The van der Waals surface area contributed by atoms with E-state index in [0.29, 0.717) is 18.7 Å². The maximum atomic E-state index is 12.7. The van der Waals surface area contributed by atoms with E-state index >= 15 is 0 Å². The number of benzene rings is 1. The van der Waals surface area contributed by atoms with E-state index in [4.69, 9.17) is 4.74 Å². The molecule has 0 heterocycles. The quantitative estimate of drug-likeness (QED) is 0.571. The van der Waals surface area contributed by atoms with Gasteiger partial charge in [-0.2, -0.15) is 0 Å². The molecule has 1 fully saturated rings. The molecule has 1 aromatic rings. The van der Waals surface area contributed by atoms with Crippen LogP contribution in [0.1, 0.15) is 52.5 Å². The van der Waals surface area contributed by atoms with Gasteiger partial charge in [0.2, 0.25) is 0 Å². The Balaban J connectivity index is 1.99. The van der Waals surface area contributed by atoms with Crippen LogP contribution in [-0.2, 0) is 14.9 Å². The molecule has 1 aliphatic rings. The van der Waals surface area contributed by atoms with Gasteiger partial charge in [0.15, 0.2) is 0 Å². The lowest BCUT2D eigenvalue weighted by Crippen LogP contribution is -2.52. The average molecular weight is 318 g/mol. The minimum absolute atomic E-state index is 0.0214. The second-order valence-electron chi connectivity index (χ2n) is 7.10. The normalized spacial score (nSPS) is 16.7. The molecule has 0 atom stereocenters. The van der Waals surface area contributed by atoms with Gasteiger partial charge in [-0.3, -0.25) is 15.4 Å². The maximum absolute atomic E-state index is 12.7. The SMILES string of the molecule is CC(C)NC(COC(=O)C1(c2ccccc2)CCC1)NC(C)C. The number of nitrogens with one attached hydrogen (secondary N) is 2. The molecule has 1 saturated carbocycles. The second-order valence-corrected chi connectivity index (χ2v) is 7.10. The molecule has 0 bridgehead atoms. The molecule has 2 N–H and O–H groups in total. The van der Waals surface area contributed by atoms with Gasteiger partial charge in [0.1, 0.15) is 6.61 Å². The molecule has 0 radical (unpaired) electrons. The zero-order valence-corrected chi connectivity index (χ0v) is 14.8. The number of hydrogen-bond acceptors (Lipinski definition) is 4. The lowest BCUT2D eigenvalue weighted by atomic mass is 9.64. The van der Waals surface area contributed by atoms with Crippen molar-refractivity contribution < 1.29 is 9.53 Å². The van der Waals surface area contributed by atoms with Crippen LogP contribution in [0.5, 0.6) is 0 Å². The van der Waals surface area contributed by atoms with Crippen LogP contribution in [-0.4, -0.2) is 30.8 Å². The highest BCUT2D eigenvalue weighted by atomic mass is 16.5. The molecule has 23 heavy (non-hydrogen) atoms. The first kappa shape index (κ1) is 18.0. The van der Waals surface area contributed by atoms with Crippen molar-refractivity contribution in [2.75, 3.05) is 6.61 Å². The minimum atomic E-state index is -0.429. The predicted molar refractivity (Wildman–Crippen MR) is 93.3 cm³/mol. The Morgan fingerprint density at radius 2 is 1.65 bits per heavy atom. The van der Waals surface area contributed by atoms with Gasteiger partial charge < -0.3 is 4.74 Å². The Bertz CT molecular complexity index is 485. The number of ether oxygens (including phenoxy) is 1. The summed E-state index contributed by atoms with van der Waals surface area (Å²) in [7, 11) is 0. The summed E-state index contributed by atoms with van der Waals surface area (Å²) in [4.78, 5) is 12.7. The van der Waals surface area contributed by atoms with Gasteiger partial charge in [0, 0.05) is 12.1 Å². The fraction of sp³-hybridized carbons (Fsp3) is 0.632. The van der Waals surface area contributed by atoms with Gasteiger partial charge in [-0.25, -0.2) is 0 Å². The Morgan fingerprint density at radius 3 is 2.09 bits per heavy atom. The molecule has 4 nitrogen and oxygen atoms in total. The molecular weight excluding hydrogens is 288 g/mol. The van der Waals surface area contributed by atoms with E-state index in [1.165, 1.54) is 0 Å². The molecule has 1 aromatic carbocycles. The molecule has 0 spiro atoms. The highest BCUT2D eigenvalue weighted by Gasteiger charge is 2.47. The minimum Gasteiger partial charge on any atom is -0.462 e. The van der Waals surface area contributed by atoms with Crippen molar-refractivity contribution in [3.8, 4) is 0 Å². The predicted octanol–water partition coefficient (Wildman–Crippen LogP) is 2.97. The lowest BCUT2D eigenvalue weighted by Gasteiger charge is -2.40. The Labute approximate surface area is 140 Å². The maximum Gasteiger partial charge on any atom is 0.316 e. The van der Waals surface area contributed by atoms with Crippen LogP contribution < -0.4 is 10.6 Å².